The van der Waals surface area contributed by atoms with Gasteiger partial charge < -0.3 is 5.11 Å². The number of nitrogens with zero attached hydrogens (tertiary/aromatic N) is 1. The van der Waals surface area contributed by atoms with Gasteiger partial charge >= 0.3 is 5.97 Å². The molecule has 2 saturated carbocycles. The van der Waals surface area contributed by atoms with Gasteiger partial charge in [-0.3, -0.25) is 9.59 Å². The minimum Gasteiger partial charge on any atom is -0.478 e. The monoisotopic (exact) mass is 309 g/mol. The van der Waals surface area contributed by atoms with Crippen LogP contribution in [0.4, 0.5) is 5.69 Å². The van der Waals surface area contributed by atoms with Gasteiger partial charge in [-0.1, -0.05) is 18.2 Å². The number of carboxylic acid groups (broad SMARTS) is 1. The van der Waals surface area contributed by atoms with Gasteiger partial charge in [0, 0.05) is 0 Å². The minimum atomic E-state index is -1.06. The Hall–Kier alpha value is -2.43. The third kappa shape index (κ3) is 1.54. The maximum absolute atomic E-state index is 12.9. The highest BCUT2D eigenvalue weighted by molar-refractivity contribution is 6.22. The Bertz CT molecular complexity index is 762. The molecule has 5 heteroatoms. The molecule has 1 heterocycles. The molecule has 0 aromatic heterocycles. The van der Waals surface area contributed by atoms with Crippen LogP contribution in [-0.4, -0.2) is 22.9 Å². The lowest BCUT2D eigenvalue weighted by molar-refractivity contribution is -0.124. The average Bonchev–Trinajstić information content (AvgIpc) is 3.32. The number of hydrogen-bond donors (Lipinski definition) is 1. The van der Waals surface area contributed by atoms with E-state index in [1.54, 1.807) is 12.1 Å². The van der Waals surface area contributed by atoms with E-state index < -0.39 is 5.97 Å². The van der Waals surface area contributed by atoms with Crippen LogP contribution in [0.15, 0.2) is 36.4 Å². The Kier molecular flexibility index (Phi) is 2.33. The van der Waals surface area contributed by atoms with E-state index in [0.717, 1.165) is 6.42 Å². The summed E-state index contributed by atoms with van der Waals surface area (Å²) in [5, 5.41) is 9.13. The maximum Gasteiger partial charge on any atom is 0.335 e. The van der Waals surface area contributed by atoms with Gasteiger partial charge in [-0.2, -0.15) is 0 Å². The highest BCUT2D eigenvalue weighted by Gasteiger charge is 2.67. The first-order valence-corrected chi connectivity index (χ1v) is 7.97. The lowest BCUT2D eigenvalue weighted by Gasteiger charge is -2.37. The summed E-state index contributed by atoms with van der Waals surface area (Å²) < 4.78 is 0. The average molecular weight is 309 g/mol. The molecule has 1 aliphatic heterocycles. The van der Waals surface area contributed by atoms with Gasteiger partial charge in [0.2, 0.25) is 11.8 Å². The first-order valence-electron chi connectivity index (χ1n) is 7.97. The number of allylic oxidation sites excluding steroid dienone is 2. The molecule has 1 N–H and O–H groups in total. The van der Waals surface area contributed by atoms with E-state index in [9.17, 15) is 14.4 Å². The molecule has 2 bridgehead atoms. The van der Waals surface area contributed by atoms with Gasteiger partial charge in [0.25, 0.3) is 0 Å². The van der Waals surface area contributed by atoms with E-state index in [-0.39, 0.29) is 41.0 Å². The molecule has 2 amide bonds. The van der Waals surface area contributed by atoms with Gasteiger partial charge in [0.1, 0.15) is 0 Å². The Morgan fingerprint density at radius 2 is 1.65 bits per heavy atom. The van der Waals surface area contributed by atoms with E-state index in [0.29, 0.717) is 17.5 Å². The van der Waals surface area contributed by atoms with Crippen LogP contribution in [0, 0.1) is 35.5 Å². The van der Waals surface area contributed by atoms with Crippen molar-refractivity contribution >= 4 is 23.5 Å². The molecule has 6 rings (SSSR count). The third-order valence-electron chi connectivity index (χ3n) is 6.01. The third-order valence-corrected chi connectivity index (χ3v) is 6.01. The Morgan fingerprint density at radius 1 is 1.04 bits per heavy atom. The molecule has 4 aliphatic carbocycles. The summed E-state index contributed by atoms with van der Waals surface area (Å²) in [5.41, 5.74) is 0.462. The van der Waals surface area contributed by atoms with Gasteiger partial charge in [0.05, 0.1) is 23.1 Å². The molecule has 1 aromatic rings. The fourth-order valence-corrected chi connectivity index (χ4v) is 4.99. The zero-order valence-electron chi connectivity index (χ0n) is 12.3. The largest absolute Gasteiger partial charge is 0.478 e. The number of carbonyl (C=O) groups excluding carboxylic acids is 2. The summed E-state index contributed by atoms with van der Waals surface area (Å²) in [6, 6.07) is 6.08. The van der Waals surface area contributed by atoms with Crippen molar-refractivity contribution in [3.8, 4) is 0 Å². The second-order valence-electron chi connectivity index (χ2n) is 7.02. The van der Waals surface area contributed by atoms with Gasteiger partial charge in [0.15, 0.2) is 0 Å². The first kappa shape index (κ1) is 13.0. The van der Waals surface area contributed by atoms with Crippen molar-refractivity contribution in [2.24, 2.45) is 35.5 Å². The molecule has 1 aromatic carbocycles. The van der Waals surface area contributed by atoms with Crippen molar-refractivity contribution in [1.82, 2.24) is 0 Å². The Morgan fingerprint density at radius 3 is 2.22 bits per heavy atom. The summed E-state index contributed by atoms with van der Waals surface area (Å²) in [7, 11) is 0. The number of benzene rings is 1. The lowest BCUT2D eigenvalue weighted by Crippen LogP contribution is -2.40. The Balaban J connectivity index is 1.57. The van der Waals surface area contributed by atoms with Crippen LogP contribution in [0.1, 0.15) is 16.8 Å². The molecule has 0 radical (unpaired) electrons. The molecular formula is C18H15NO4. The maximum atomic E-state index is 12.9. The number of imide groups is 1. The van der Waals surface area contributed by atoms with Crippen LogP contribution in [-0.2, 0) is 9.59 Å². The van der Waals surface area contributed by atoms with Gasteiger partial charge in [-0.15, -0.1) is 0 Å². The topological polar surface area (TPSA) is 74.7 Å². The molecule has 116 valence electrons. The van der Waals surface area contributed by atoms with Crippen molar-refractivity contribution in [2.45, 2.75) is 6.42 Å². The molecule has 23 heavy (non-hydrogen) atoms. The second-order valence-corrected chi connectivity index (χ2v) is 7.02. The highest BCUT2D eigenvalue weighted by Crippen LogP contribution is 2.65. The first-order chi connectivity index (χ1) is 11.1. The van der Waals surface area contributed by atoms with Crippen LogP contribution in [0.25, 0.3) is 0 Å². The molecule has 5 aliphatic rings. The Labute approximate surface area is 132 Å². The van der Waals surface area contributed by atoms with Crippen LogP contribution in [0.3, 0.4) is 0 Å². The normalized spacial score (nSPS) is 39.4. The molecule has 6 atom stereocenters. The zero-order chi connectivity index (χ0) is 15.9. The molecule has 5 nitrogen and oxygen atoms in total. The molecule has 0 unspecified atom stereocenters. The van der Waals surface area contributed by atoms with Crippen molar-refractivity contribution in [3.63, 3.8) is 0 Å². The molecule has 1 saturated heterocycles. The van der Waals surface area contributed by atoms with E-state index in [2.05, 4.69) is 12.2 Å². The number of carboxylic acids is 1. The molecule has 3 fully saturated rings. The second kappa shape index (κ2) is 4.10. The zero-order valence-corrected chi connectivity index (χ0v) is 12.3. The standard InChI is InChI=1S/C18H15NO4/c20-16-14-10-4-5-11(13-7-12(10)13)15(14)17(21)19(16)9-3-1-2-8(6-9)18(22)23/h1-6,10-15H,7H2,(H,22,23)/t10-,11-,12+,13+,14-,15-/m1/s1. The van der Waals surface area contributed by atoms with E-state index in [1.165, 1.54) is 17.0 Å². The number of anilines is 1. The summed E-state index contributed by atoms with van der Waals surface area (Å²) in [6.45, 7) is 0. The van der Waals surface area contributed by atoms with Crippen LogP contribution in [0.2, 0.25) is 0 Å². The number of rotatable bonds is 2. The van der Waals surface area contributed by atoms with Gasteiger partial charge in [-0.05, 0) is 48.3 Å². The van der Waals surface area contributed by atoms with Crippen molar-refractivity contribution in [3.05, 3.63) is 42.0 Å². The predicted molar refractivity (Wildman–Crippen MR) is 80.6 cm³/mol. The minimum absolute atomic E-state index is 0.0851. The fourth-order valence-electron chi connectivity index (χ4n) is 4.99. The summed E-state index contributed by atoms with van der Waals surface area (Å²) in [6.07, 6.45) is 5.38. The SMILES string of the molecule is O=C(O)c1cccc(N2C(=O)[C@@H]3[C@@H]4C=C[C@H]([C@@H]5C[C@@H]45)[C@H]3C2=O)c1. The fraction of sp³-hybridized carbons (Fsp3) is 0.389. The summed E-state index contributed by atoms with van der Waals surface area (Å²) >= 11 is 0. The highest BCUT2D eigenvalue weighted by atomic mass is 16.4. The van der Waals surface area contributed by atoms with Crippen LogP contribution in [0.5, 0.6) is 0 Å². The van der Waals surface area contributed by atoms with E-state index in [4.69, 9.17) is 5.11 Å². The van der Waals surface area contributed by atoms with Crippen LogP contribution < -0.4 is 4.90 Å². The van der Waals surface area contributed by atoms with Crippen molar-refractivity contribution < 1.29 is 19.5 Å². The van der Waals surface area contributed by atoms with E-state index in [1.807, 2.05) is 0 Å². The quantitative estimate of drug-likeness (QED) is 0.669. The number of carbonyl (C=O) groups is 3. The van der Waals surface area contributed by atoms with Gasteiger partial charge in [-0.25, -0.2) is 9.69 Å². The molecular weight excluding hydrogens is 294 g/mol. The number of amides is 2. The van der Waals surface area contributed by atoms with Crippen molar-refractivity contribution in [2.75, 3.05) is 4.90 Å². The van der Waals surface area contributed by atoms with Crippen molar-refractivity contribution in [1.29, 1.82) is 0 Å². The summed E-state index contributed by atoms with van der Waals surface area (Å²) in [5.74, 6) is -0.407. The summed E-state index contributed by atoms with van der Waals surface area (Å²) in [4.78, 5) is 38.2. The lowest BCUT2D eigenvalue weighted by atomic mass is 9.63. The number of aromatic carboxylic acids is 1. The smallest absolute Gasteiger partial charge is 0.335 e. The molecule has 0 spiro atoms. The van der Waals surface area contributed by atoms with E-state index >= 15 is 0 Å². The number of hydrogen-bond acceptors (Lipinski definition) is 3. The van der Waals surface area contributed by atoms with Crippen LogP contribution >= 0.6 is 0 Å². The predicted octanol–water partition coefficient (Wildman–Crippen LogP) is 1.94.